The molecule has 0 atom stereocenters. The first-order chi connectivity index (χ1) is 12.6. The minimum atomic E-state index is -0.510. The number of ether oxygens (including phenoxy) is 1. The number of aromatic nitrogens is 4. The molecule has 0 bridgehead atoms. The summed E-state index contributed by atoms with van der Waals surface area (Å²) >= 11 is 0. The maximum Gasteiger partial charge on any atom is 0.340 e. The number of hydrogen-bond acceptors (Lipinski definition) is 6. The zero-order valence-corrected chi connectivity index (χ0v) is 14.1. The lowest BCUT2D eigenvalue weighted by molar-refractivity contribution is -0.116. The van der Waals surface area contributed by atoms with Crippen LogP contribution in [0.4, 0.5) is 5.69 Å². The Kier molecular flexibility index (Phi) is 5.33. The third-order valence-electron chi connectivity index (χ3n) is 3.61. The van der Waals surface area contributed by atoms with Crippen LogP contribution in [0.1, 0.15) is 21.5 Å². The zero-order valence-electron chi connectivity index (χ0n) is 14.1. The molecule has 8 nitrogen and oxygen atoms in total. The van der Waals surface area contributed by atoms with Crippen LogP contribution >= 0.6 is 0 Å². The van der Waals surface area contributed by atoms with Crippen LogP contribution in [-0.2, 0) is 22.7 Å². The molecule has 26 heavy (non-hydrogen) atoms. The number of tetrazole rings is 1. The molecule has 132 valence electrons. The van der Waals surface area contributed by atoms with Crippen molar-refractivity contribution >= 4 is 17.6 Å². The minimum Gasteiger partial charge on any atom is -0.457 e. The molecule has 0 unspecified atom stereocenters. The number of carbonyl (C=O) groups excluding carboxylic acids is 2. The summed E-state index contributed by atoms with van der Waals surface area (Å²) in [6, 6.07) is 14.4. The van der Waals surface area contributed by atoms with Gasteiger partial charge in [0.2, 0.25) is 5.91 Å². The van der Waals surface area contributed by atoms with Gasteiger partial charge in [-0.05, 0) is 35.0 Å². The number of aryl methyl sites for hydroxylation is 1. The number of anilines is 1. The lowest BCUT2D eigenvalue weighted by Crippen LogP contribution is -2.21. The van der Waals surface area contributed by atoms with Crippen molar-refractivity contribution in [3.63, 3.8) is 0 Å². The molecule has 0 aliphatic heterocycles. The molecule has 3 rings (SSSR count). The maximum absolute atomic E-state index is 12.4. The SMILES string of the molecule is Cc1ccc(COC(=O)c2ccccc2NC(=O)Cn2cnnn2)cc1. The van der Waals surface area contributed by atoms with E-state index in [1.54, 1.807) is 24.3 Å². The molecule has 1 heterocycles. The Bertz CT molecular complexity index is 891. The van der Waals surface area contributed by atoms with Gasteiger partial charge in [-0.15, -0.1) is 5.10 Å². The van der Waals surface area contributed by atoms with E-state index in [-0.39, 0.29) is 24.6 Å². The zero-order chi connectivity index (χ0) is 18.4. The molecule has 1 aromatic heterocycles. The molecule has 0 saturated carbocycles. The molecular weight excluding hydrogens is 334 g/mol. The Morgan fingerprint density at radius 3 is 2.62 bits per heavy atom. The topological polar surface area (TPSA) is 99.0 Å². The highest BCUT2D eigenvalue weighted by atomic mass is 16.5. The summed E-state index contributed by atoms with van der Waals surface area (Å²) in [6.07, 6.45) is 1.33. The van der Waals surface area contributed by atoms with Crippen molar-refractivity contribution in [2.45, 2.75) is 20.1 Å². The summed E-state index contributed by atoms with van der Waals surface area (Å²) < 4.78 is 6.64. The first-order valence-electron chi connectivity index (χ1n) is 7.94. The lowest BCUT2D eigenvalue weighted by atomic mass is 10.1. The van der Waals surface area contributed by atoms with Crippen LogP contribution < -0.4 is 5.32 Å². The quantitative estimate of drug-likeness (QED) is 0.682. The molecule has 1 N–H and O–H groups in total. The standard InChI is InChI=1S/C18H17N5O3/c1-13-6-8-14(9-7-13)11-26-18(25)15-4-2-3-5-16(15)20-17(24)10-23-12-19-21-22-23/h2-9,12H,10-11H2,1H3,(H,20,24). The van der Waals surface area contributed by atoms with Gasteiger partial charge in [0.05, 0.1) is 11.3 Å². The molecule has 1 amide bonds. The molecule has 0 spiro atoms. The van der Waals surface area contributed by atoms with Gasteiger partial charge in [0.1, 0.15) is 19.5 Å². The fourth-order valence-corrected chi connectivity index (χ4v) is 2.27. The fraction of sp³-hybridized carbons (Fsp3) is 0.167. The van der Waals surface area contributed by atoms with E-state index in [1.807, 2.05) is 31.2 Å². The number of nitrogens with zero attached hydrogens (tertiary/aromatic N) is 4. The van der Waals surface area contributed by atoms with Crippen molar-refractivity contribution < 1.29 is 14.3 Å². The van der Waals surface area contributed by atoms with Crippen molar-refractivity contribution in [3.05, 3.63) is 71.5 Å². The number of nitrogens with one attached hydrogen (secondary N) is 1. The molecule has 2 aromatic carbocycles. The van der Waals surface area contributed by atoms with E-state index in [1.165, 1.54) is 11.0 Å². The summed E-state index contributed by atoms with van der Waals surface area (Å²) in [5, 5.41) is 13.2. The van der Waals surface area contributed by atoms with Crippen LogP contribution in [0.3, 0.4) is 0 Å². The third kappa shape index (κ3) is 4.50. The Morgan fingerprint density at radius 2 is 1.88 bits per heavy atom. The summed E-state index contributed by atoms with van der Waals surface area (Å²) in [4.78, 5) is 24.5. The van der Waals surface area contributed by atoms with E-state index in [0.717, 1.165) is 11.1 Å². The van der Waals surface area contributed by atoms with Crippen molar-refractivity contribution in [3.8, 4) is 0 Å². The Balaban J connectivity index is 1.64. The van der Waals surface area contributed by atoms with Crippen LogP contribution in [0.25, 0.3) is 0 Å². The molecule has 0 radical (unpaired) electrons. The smallest absolute Gasteiger partial charge is 0.340 e. The number of esters is 1. The molecule has 8 heteroatoms. The van der Waals surface area contributed by atoms with E-state index < -0.39 is 5.97 Å². The van der Waals surface area contributed by atoms with Gasteiger partial charge in [0.15, 0.2) is 0 Å². The van der Waals surface area contributed by atoms with Crippen molar-refractivity contribution in [1.29, 1.82) is 0 Å². The summed E-state index contributed by atoms with van der Waals surface area (Å²) in [7, 11) is 0. The van der Waals surface area contributed by atoms with E-state index in [4.69, 9.17) is 4.74 Å². The van der Waals surface area contributed by atoms with Gasteiger partial charge in [-0.3, -0.25) is 4.79 Å². The normalized spacial score (nSPS) is 10.3. The monoisotopic (exact) mass is 351 g/mol. The second-order valence-electron chi connectivity index (χ2n) is 5.66. The third-order valence-corrected chi connectivity index (χ3v) is 3.61. The van der Waals surface area contributed by atoms with Crippen LogP contribution in [0.2, 0.25) is 0 Å². The Hall–Kier alpha value is -3.55. The van der Waals surface area contributed by atoms with E-state index in [2.05, 4.69) is 20.8 Å². The largest absolute Gasteiger partial charge is 0.457 e. The summed E-state index contributed by atoms with van der Waals surface area (Å²) in [5.74, 6) is -0.861. The van der Waals surface area contributed by atoms with Crippen molar-refractivity contribution in [2.75, 3.05) is 5.32 Å². The maximum atomic E-state index is 12.4. The van der Waals surface area contributed by atoms with Crippen molar-refractivity contribution in [1.82, 2.24) is 20.2 Å². The molecule has 0 saturated heterocycles. The number of carbonyl (C=O) groups is 2. The number of benzene rings is 2. The Labute approximate surface area is 149 Å². The van der Waals surface area contributed by atoms with Gasteiger partial charge >= 0.3 is 5.97 Å². The van der Waals surface area contributed by atoms with Gasteiger partial charge in [0.25, 0.3) is 0 Å². The fourth-order valence-electron chi connectivity index (χ4n) is 2.27. The minimum absolute atomic E-state index is 0.0558. The molecule has 0 fully saturated rings. The second kappa shape index (κ2) is 8.02. The van der Waals surface area contributed by atoms with E-state index in [9.17, 15) is 9.59 Å². The first-order valence-corrected chi connectivity index (χ1v) is 7.94. The predicted octanol–water partition coefficient (Wildman–Crippen LogP) is 1.98. The van der Waals surface area contributed by atoms with Gasteiger partial charge in [-0.2, -0.15) is 0 Å². The van der Waals surface area contributed by atoms with E-state index >= 15 is 0 Å². The summed E-state index contributed by atoms with van der Waals surface area (Å²) in [5.41, 5.74) is 2.68. The van der Waals surface area contributed by atoms with Gasteiger partial charge in [-0.1, -0.05) is 42.0 Å². The lowest BCUT2D eigenvalue weighted by Gasteiger charge is -2.11. The van der Waals surface area contributed by atoms with Gasteiger partial charge in [0, 0.05) is 0 Å². The molecule has 0 aliphatic rings. The molecule has 0 aliphatic carbocycles. The molecular formula is C18H17N5O3. The van der Waals surface area contributed by atoms with Crippen LogP contribution in [0.15, 0.2) is 54.9 Å². The van der Waals surface area contributed by atoms with Gasteiger partial charge < -0.3 is 10.1 Å². The number of amides is 1. The predicted molar refractivity (Wildman–Crippen MR) is 93.2 cm³/mol. The number of rotatable bonds is 6. The number of para-hydroxylation sites is 1. The highest BCUT2D eigenvalue weighted by Crippen LogP contribution is 2.17. The van der Waals surface area contributed by atoms with Crippen LogP contribution in [0, 0.1) is 6.92 Å². The highest BCUT2D eigenvalue weighted by Gasteiger charge is 2.15. The molecule has 3 aromatic rings. The number of hydrogen-bond donors (Lipinski definition) is 1. The van der Waals surface area contributed by atoms with Crippen molar-refractivity contribution in [2.24, 2.45) is 0 Å². The van der Waals surface area contributed by atoms with E-state index in [0.29, 0.717) is 5.69 Å². The highest BCUT2D eigenvalue weighted by molar-refractivity contribution is 6.01. The Morgan fingerprint density at radius 1 is 1.12 bits per heavy atom. The van der Waals surface area contributed by atoms with Crippen LogP contribution in [0.5, 0.6) is 0 Å². The second-order valence-corrected chi connectivity index (χ2v) is 5.66. The van der Waals surface area contributed by atoms with Crippen LogP contribution in [-0.4, -0.2) is 32.1 Å². The average Bonchev–Trinajstić information content (AvgIpc) is 3.14. The summed E-state index contributed by atoms with van der Waals surface area (Å²) in [6.45, 7) is 2.09. The average molecular weight is 351 g/mol. The first kappa shape index (κ1) is 17.3. The van der Waals surface area contributed by atoms with Gasteiger partial charge in [-0.25, -0.2) is 9.48 Å².